The molecule has 3 aromatic rings. The third-order valence-electron chi connectivity index (χ3n) is 3.36. The largest absolute Gasteiger partial charge is 0.357 e. The Kier molecular flexibility index (Phi) is 4.35. The maximum atomic E-state index is 12.3. The first-order valence-electron chi connectivity index (χ1n) is 7.12. The molecule has 0 saturated heterocycles. The standard InChI is InChI=1S/C16H14ClN5O2/c1-10-13(14(17)22(21-10)11-6-3-2-4-7-11)16(24)20-19-15(23)12-8-5-9-18-12/h2-9,18H,1H3,(H,19,23)(H,20,24). The van der Waals surface area contributed by atoms with Gasteiger partial charge in [-0.05, 0) is 31.2 Å². The lowest BCUT2D eigenvalue weighted by molar-refractivity contribution is 0.0844. The molecule has 2 heterocycles. The van der Waals surface area contributed by atoms with Gasteiger partial charge in [0.25, 0.3) is 11.8 Å². The van der Waals surface area contributed by atoms with Crippen molar-refractivity contribution in [2.75, 3.05) is 0 Å². The molecule has 0 bridgehead atoms. The van der Waals surface area contributed by atoms with Crippen LogP contribution in [-0.2, 0) is 0 Å². The number of aromatic amines is 1. The second kappa shape index (κ2) is 6.59. The number of nitrogens with one attached hydrogen (secondary N) is 3. The number of halogens is 1. The number of carbonyl (C=O) groups is 2. The van der Waals surface area contributed by atoms with Gasteiger partial charge in [0, 0.05) is 6.20 Å². The summed E-state index contributed by atoms with van der Waals surface area (Å²) >= 11 is 6.29. The maximum absolute atomic E-state index is 12.3. The summed E-state index contributed by atoms with van der Waals surface area (Å²) < 4.78 is 1.47. The zero-order valence-electron chi connectivity index (χ0n) is 12.7. The normalized spacial score (nSPS) is 10.4. The van der Waals surface area contributed by atoms with Crippen molar-refractivity contribution in [1.82, 2.24) is 25.6 Å². The summed E-state index contributed by atoms with van der Waals surface area (Å²) in [6.45, 7) is 1.67. The number of hydrogen-bond acceptors (Lipinski definition) is 3. The molecule has 1 aromatic carbocycles. The molecule has 2 aromatic heterocycles. The lowest BCUT2D eigenvalue weighted by Gasteiger charge is -2.06. The Morgan fingerprint density at radius 2 is 1.79 bits per heavy atom. The number of para-hydroxylation sites is 1. The highest BCUT2D eigenvalue weighted by Gasteiger charge is 2.21. The molecule has 0 aliphatic heterocycles. The van der Waals surface area contributed by atoms with Crippen molar-refractivity contribution in [2.24, 2.45) is 0 Å². The first-order valence-corrected chi connectivity index (χ1v) is 7.50. The number of amides is 2. The van der Waals surface area contributed by atoms with Gasteiger partial charge in [-0.2, -0.15) is 5.10 Å². The van der Waals surface area contributed by atoms with E-state index >= 15 is 0 Å². The summed E-state index contributed by atoms with van der Waals surface area (Å²) in [5.41, 5.74) is 6.38. The fourth-order valence-corrected chi connectivity index (χ4v) is 2.57. The molecule has 0 aliphatic carbocycles. The van der Waals surface area contributed by atoms with E-state index in [0.29, 0.717) is 11.4 Å². The highest BCUT2D eigenvalue weighted by Crippen LogP contribution is 2.23. The number of carbonyl (C=O) groups excluding carboxylic acids is 2. The molecule has 3 N–H and O–H groups in total. The minimum Gasteiger partial charge on any atom is -0.357 e. The van der Waals surface area contributed by atoms with Crippen LogP contribution in [-0.4, -0.2) is 26.6 Å². The van der Waals surface area contributed by atoms with E-state index in [1.165, 1.54) is 4.68 Å². The highest BCUT2D eigenvalue weighted by atomic mass is 35.5. The summed E-state index contributed by atoms with van der Waals surface area (Å²) in [4.78, 5) is 26.9. The van der Waals surface area contributed by atoms with Crippen molar-refractivity contribution in [2.45, 2.75) is 6.92 Å². The first-order chi connectivity index (χ1) is 11.6. The van der Waals surface area contributed by atoms with Crippen LogP contribution in [0.2, 0.25) is 5.15 Å². The van der Waals surface area contributed by atoms with E-state index in [1.807, 2.05) is 30.3 Å². The number of rotatable bonds is 3. The Morgan fingerprint density at radius 1 is 1.08 bits per heavy atom. The smallest absolute Gasteiger partial charge is 0.286 e. The van der Waals surface area contributed by atoms with Crippen molar-refractivity contribution >= 4 is 23.4 Å². The number of aromatic nitrogens is 3. The second-order valence-corrected chi connectivity index (χ2v) is 5.35. The quantitative estimate of drug-likeness (QED) is 0.637. The Morgan fingerprint density at radius 3 is 2.46 bits per heavy atom. The summed E-state index contributed by atoms with van der Waals surface area (Å²) in [7, 11) is 0. The topological polar surface area (TPSA) is 91.8 Å². The van der Waals surface area contributed by atoms with E-state index in [9.17, 15) is 9.59 Å². The molecule has 0 atom stereocenters. The number of hydrazine groups is 1. The molecule has 8 heteroatoms. The van der Waals surface area contributed by atoms with Crippen LogP contribution in [0.15, 0.2) is 48.7 Å². The zero-order chi connectivity index (χ0) is 17.1. The minimum atomic E-state index is -0.542. The number of nitrogens with zero attached hydrogens (tertiary/aromatic N) is 2. The van der Waals surface area contributed by atoms with Gasteiger partial charge in [0.2, 0.25) is 0 Å². The van der Waals surface area contributed by atoms with Crippen molar-refractivity contribution < 1.29 is 9.59 Å². The first kappa shape index (κ1) is 15.8. The van der Waals surface area contributed by atoms with Gasteiger partial charge in [-0.3, -0.25) is 20.4 Å². The molecule has 0 fully saturated rings. The van der Waals surface area contributed by atoms with Gasteiger partial charge >= 0.3 is 0 Å². The molecule has 3 rings (SSSR count). The van der Waals surface area contributed by atoms with E-state index < -0.39 is 11.8 Å². The van der Waals surface area contributed by atoms with Crippen LogP contribution >= 0.6 is 11.6 Å². The van der Waals surface area contributed by atoms with Crippen LogP contribution in [0.3, 0.4) is 0 Å². The number of aryl methyl sites for hydroxylation is 1. The van der Waals surface area contributed by atoms with E-state index in [0.717, 1.165) is 5.69 Å². The van der Waals surface area contributed by atoms with Crippen molar-refractivity contribution in [3.8, 4) is 5.69 Å². The molecule has 0 saturated carbocycles. The monoisotopic (exact) mass is 343 g/mol. The summed E-state index contributed by atoms with van der Waals surface area (Å²) in [6, 6.07) is 12.5. The lowest BCUT2D eigenvalue weighted by Crippen LogP contribution is -2.42. The third-order valence-corrected chi connectivity index (χ3v) is 3.71. The van der Waals surface area contributed by atoms with Crippen LogP contribution in [0.4, 0.5) is 0 Å². The Labute approximate surface area is 142 Å². The Balaban J connectivity index is 1.78. The molecule has 24 heavy (non-hydrogen) atoms. The number of hydrogen-bond donors (Lipinski definition) is 3. The van der Waals surface area contributed by atoms with Crippen LogP contribution in [0, 0.1) is 6.92 Å². The third kappa shape index (κ3) is 3.02. The van der Waals surface area contributed by atoms with Crippen molar-refractivity contribution in [1.29, 1.82) is 0 Å². The molecule has 0 radical (unpaired) electrons. The van der Waals surface area contributed by atoms with E-state index in [-0.39, 0.29) is 10.7 Å². The van der Waals surface area contributed by atoms with Crippen LogP contribution < -0.4 is 10.9 Å². The highest BCUT2D eigenvalue weighted by molar-refractivity contribution is 6.33. The average Bonchev–Trinajstić information content (AvgIpc) is 3.22. The second-order valence-electron chi connectivity index (χ2n) is 4.99. The van der Waals surface area contributed by atoms with Crippen molar-refractivity contribution in [3.05, 3.63) is 70.8 Å². The number of H-pyrrole nitrogens is 1. The van der Waals surface area contributed by atoms with Gasteiger partial charge in [-0.15, -0.1) is 0 Å². The van der Waals surface area contributed by atoms with Crippen LogP contribution in [0.25, 0.3) is 5.69 Å². The van der Waals surface area contributed by atoms with Gasteiger partial charge in [0.1, 0.15) is 16.4 Å². The lowest BCUT2D eigenvalue weighted by atomic mass is 10.2. The summed E-state index contributed by atoms with van der Waals surface area (Å²) in [5.74, 6) is -1.00. The predicted octanol–water partition coefficient (Wildman–Crippen LogP) is 2.24. The minimum absolute atomic E-state index is 0.172. The van der Waals surface area contributed by atoms with Crippen molar-refractivity contribution in [3.63, 3.8) is 0 Å². The SMILES string of the molecule is Cc1nn(-c2ccccc2)c(Cl)c1C(=O)NNC(=O)c1ccc[nH]1. The average molecular weight is 344 g/mol. The van der Waals surface area contributed by atoms with E-state index in [1.54, 1.807) is 25.3 Å². The van der Waals surface area contributed by atoms with Crippen LogP contribution in [0.5, 0.6) is 0 Å². The molecule has 0 unspecified atom stereocenters. The molecule has 0 aliphatic rings. The molecule has 122 valence electrons. The maximum Gasteiger partial charge on any atom is 0.286 e. The molecule has 2 amide bonds. The van der Waals surface area contributed by atoms with Gasteiger partial charge in [0.05, 0.1) is 11.4 Å². The Hall–Kier alpha value is -3.06. The van der Waals surface area contributed by atoms with Gasteiger partial charge in [-0.25, -0.2) is 4.68 Å². The molecular weight excluding hydrogens is 330 g/mol. The van der Waals surface area contributed by atoms with E-state index in [2.05, 4.69) is 20.9 Å². The predicted molar refractivity (Wildman–Crippen MR) is 89.0 cm³/mol. The molecule has 0 spiro atoms. The van der Waals surface area contributed by atoms with Gasteiger partial charge in [0.15, 0.2) is 0 Å². The molecular formula is C16H14ClN5O2. The Bertz CT molecular complexity index is 872. The fourth-order valence-electron chi connectivity index (χ4n) is 2.21. The summed E-state index contributed by atoms with van der Waals surface area (Å²) in [5, 5.41) is 4.46. The van der Waals surface area contributed by atoms with Gasteiger partial charge < -0.3 is 4.98 Å². The number of benzene rings is 1. The van der Waals surface area contributed by atoms with Gasteiger partial charge in [-0.1, -0.05) is 29.8 Å². The summed E-state index contributed by atoms with van der Waals surface area (Å²) in [6.07, 6.45) is 1.61. The zero-order valence-corrected chi connectivity index (χ0v) is 13.5. The van der Waals surface area contributed by atoms with E-state index in [4.69, 9.17) is 11.6 Å². The molecule has 7 nitrogen and oxygen atoms in total. The van der Waals surface area contributed by atoms with Crippen LogP contribution in [0.1, 0.15) is 26.5 Å². The fraction of sp³-hybridized carbons (Fsp3) is 0.0625.